The number of H-pyrrole nitrogens is 1. The van der Waals surface area contributed by atoms with Crippen LogP contribution in [0.2, 0.25) is 5.02 Å². The second-order valence-electron chi connectivity index (χ2n) is 8.27. The van der Waals surface area contributed by atoms with Gasteiger partial charge < -0.3 is 24.6 Å². The van der Waals surface area contributed by atoms with Gasteiger partial charge in [0.25, 0.3) is 0 Å². The predicted octanol–water partition coefficient (Wildman–Crippen LogP) is 5.33. The molecule has 4 aromatic rings. The number of benzene rings is 2. The number of nitrogens with one attached hydrogen (secondary N) is 2. The molecule has 202 valence electrons. The molecule has 0 aliphatic heterocycles. The van der Waals surface area contributed by atoms with Gasteiger partial charge in [0.05, 0.1) is 28.9 Å². The third-order valence-electron chi connectivity index (χ3n) is 5.52. The third-order valence-corrected chi connectivity index (χ3v) is 5.82. The fourth-order valence-corrected chi connectivity index (χ4v) is 4.00. The average molecular weight is 553 g/mol. The van der Waals surface area contributed by atoms with Gasteiger partial charge in [-0.05, 0) is 49.2 Å². The van der Waals surface area contributed by atoms with Crippen LogP contribution in [0.3, 0.4) is 0 Å². The number of aromatic carboxylic acids is 1. The van der Waals surface area contributed by atoms with E-state index < -0.39 is 18.1 Å². The molecule has 2 aromatic heterocycles. The Morgan fingerprint density at radius 3 is 2.68 bits per heavy atom. The summed E-state index contributed by atoms with van der Waals surface area (Å²) in [6.45, 7) is 2.25. The monoisotopic (exact) mass is 552 g/mol. The number of hydrogen-bond donors (Lipinski definition) is 3. The van der Waals surface area contributed by atoms with Gasteiger partial charge in [0, 0.05) is 23.9 Å². The first-order valence-corrected chi connectivity index (χ1v) is 12.0. The summed E-state index contributed by atoms with van der Waals surface area (Å²) in [5.74, 6) is -1.15. The van der Waals surface area contributed by atoms with Gasteiger partial charge in [-0.1, -0.05) is 23.7 Å². The highest BCUT2D eigenvalue weighted by Crippen LogP contribution is 2.31. The second kappa shape index (κ2) is 12.3. The number of rotatable bonds is 13. The van der Waals surface area contributed by atoms with Crippen molar-refractivity contribution in [2.24, 2.45) is 0 Å². The maximum absolute atomic E-state index is 12.3. The van der Waals surface area contributed by atoms with Crippen LogP contribution < -0.4 is 14.8 Å². The molecule has 4 rings (SSSR count). The minimum absolute atomic E-state index is 0.102. The summed E-state index contributed by atoms with van der Waals surface area (Å²) in [5.41, 5.74) is 1.99. The molecular formula is C25H24ClF3N4O5. The molecular weight excluding hydrogens is 529 g/mol. The van der Waals surface area contributed by atoms with Gasteiger partial charge in [-0.25, -0.2) is 9.78 Å². The Labute approximate surface area is 219 Å². The lowest BCUT2D eigenvalue weighted by atomic mass is 10.1. The Bertz CT molecular complexity index is 1410. The number of ether oxygens (including phenoxy) is 3. The highest BCUT2D eigenvalue weighted by molar-refractivity contribution is 6.32. The third kappa shape index (κ3) is 7.24. The van der Waals surface area contributed by atoms with Gasteiger partial charge in [-0.2, -0.15) is 5.10 Å². The van der Waals surface area contributed by atoms with E-state index >= 15 is 0 Å². The Hall–Kier alpha value is -3.61. The van der Waals surface area contributed by atoms with Crippen molar-refractivity contribution in [3.8, 4) is 11.6 Å². The van der Waals surface area contributed by atoms with Crippen molar-refractivity contribution in [2.45, 2.75) is 25.7 Å². The first-order chi connectivity index (χ1) is 18.2. The number of unbranched alkanes of at least 4 members (excludes halogenated alkanes) is 1. The summed E-state index contributed by atoms with van der Waals surface area (Å²) in [6.07, 6.45) is -1.52. The zero-order valence-electron chi connectivity index (χ0n) is 20.0. The number of alkyl halides is 3. The molecule has 0 fully saturated rings. The number of carboxylic acids is 1. The summed E-state index contributed by atoms with van der Waals surface area (Å²) in [5, 5.41) is 20.8. The van der Waals surface area contributed by atoms with Crippen molar-refractivity contribution in [1.29, 1.82) is 0 Å². The first-order valence-electron chi connectivity index (χ1n) is 11.7. The van der Waals surface area contributed by atoms with Gasteiger partial charge >= 0.3 is 12.3 Å². The molecule has 0 radical (unpaired) electrons. The number of fused-ring (bicyclic) bond motifs is 3. The van der Waals surface area contributed by atoms with Gasteiger partial charge in [-0.15, -0.1) is 13.2 Å². The molecule has 2 aromatic carbocycles. The van der Waals surface area contributed by atoms with E-state index in [0.717, 1.165) is 29.2 Å². The van der Waals surface area contributed by atoms with Gasteiger partial charge in [-0.3, -0.25) is 5.10 Å². The zero-order valence-corrected chi connectivity index (χ0v) is 20.7. The summed E-state index contributed by atoms with van der Waals surface area (Å²) in [4.78, 5) is 15.7. The molecule has 0 saturated heterocycles. The maximum atomic E-state index is 12.3. The number of nitrogens with zero attached hydrogens (tertiary/aromatic N) is 2. The summed E-state index contributed by atoms with van der Waals surface area (Å²) in [6, 6.07) is 8.87. The molecule has 0 bridgehead atoms. The van der Waals surface area contributed by atoms with Gasteiger partial charge in [0.15, 0.2) is 0 Å². The van der Waals surface area contributed by atoms with Crippen LogP contribution in [0.15, 0.2) is 42.6 Å². The van der Waals surface area contributed by atoms with Crippen LogP contribution in [-0.2, 0) is 11.3 Å². The van der Waals surface area contributed by atoms with E-state index in [0.29, 0.717) is 43.2 Å². The van der Waals surface area contributed by atoms with E-state index in [1.165, 1.54) is 30.3 Å². The molecule has 0 amide bonds. The van der Waals surface area contributed by atoms with Crippen molar-refractivity contribution in [2.75, 3.05) is 26.4 Å². The molecule has 3 N–H and O–H groups in total. The number of aromatic amines is 1. The van der Waals surface area contributed by atoms with E-state index in [1.807, 2.05) is 0 Å². The number of hydrogen-bond acceptors (Lipinski definition) is 7. The largest absolute Gasteiger partial charge is 0.573 e. The Balaban J connectivity index is 1.14. The number of carboxylic acid groups (broad SMARTS) is 1. The molecule has 0 saturated carbocycles. The predicted molar refractivity (Wildman–Crippen MR) is 134 cm³/mol. The normalized spacial score (nSPS) is 11.8. The lowest BCUT2D eigenvalue weighted by Crippen LogP contribution is -2.18. The molecule has 0 aliphatic carbocycles. The van der Waals surface area contributed by atoms with Crippen LogP contribution in [-0.4, -0.2) is 59.0 Å². The molecule has 0 aliphatic rings. The smallest absolute Gasteiger partial charge is 0.478 e. The molecule has 0 unspecified atom stereocenters. The van der Waals surface area contributed by atoms with Crippen molar-refractivity contribution in [1.82, 2.24) is 20.5 Å². The lowest BCUT2D eigenvalue weighted by molar-refractivity contribution is -0.274. The van der Waals surface area contributed by atoms with Crippen molar-refractivity contribution in [3.63, 3.8) is 0 Å². The van der Waals surface area contributed by atoms with E-state index in [9.17, 15) is 23.1 Å². The van der Waals surface area contributed by atoms with Crippen molar-refractivity contribution >= 4 is 39.4 Å². The van der Waals surface area contributed by atoms with Gasteiger partial charge in [0.2, 0.25) is 5.88 Å². The summed E-state index contributed by atoms with van der Waals surface area (Å²) in [7, 11) is 0. The average Bonchev–Trinajstić information content (AvgIpc) is 3.36. The van der Waals surface area contributed by atoms with Crippen molar-refractivity contribution < 1.29 is 37.3 Å². The quantitative estimate of drug-likeness (QED) is 0.191. The van der Waals surface area contributed by atoms with Crippen LogP contribution in [0.4, 0.5) is 13.2 Å². The number of aromatic nitrogens is 3. The highest BCUT2D eigenvalue weighted by atomic mass is 35.5. The Morgan fingerprint density at radius 1 is 1.08 bits per heavy atom. The molecule has 0 atom stereocenters. The maximum Gasteiger partial charge on any atom is 0.573 e. The summed E-state index contributed by atoms with van der Waals surface area (Å²) >= 11 is 5.85. The minimum Gasteiger partial charge on any atom is -0.478 e. The second-order valence-corrected chi connectivity index (χ2v) is 8.68. The van der Waals surface area contributed by atoms with Gasteiger partial charge in [0.1, 0.15) is 17.9 Å². The number of pyridine rings is 1. The Kier molecular flexibility index (Phi) is 8.87. The summed E-state index contributed by atoms with van der Waals surface area (Å²) < 4.78 is 52.2. The molecule has 38 heavy (non-hydrogen) atoms. The number of halogens is 4. The minimum atomic E-state index is -4.79. The fourth-order valence-electron chi connectivity index (χ4n) is 3.76. The van der Waals surface area contributed by atoms with Crippen LogP contribution in [0, 0.1) is 0 Å². The van der Waals surface area contributed by atoms with E-state index in [1.54, 1.807) is 12.3 Å². The van der Waals surface area contributed by atoms with E-state index in [4.69, 9.17) is 21.1 Å². The fraction of sp³-hybridized carbons (Fsp3) is 0.320. The first kappa shape index (κ1) is 27.4. The SMILES string of the molecule is O=C(O)c1ccc2c(c1)nc(OCCOCCCCNCc1ccc(OC(F)(F)F)c(Cl)c1)c1[nH]ncc12. The van der Waals surface area contributed by atoms with Crippen LogP contribution in [0.1, 0.15) is 28.8 Å². The standard InChI is InChI=1S/C25H24ClF3N4O5/c26-19-11-15(3-6-21(19)38-25(27,28)29)13-30-7-1-2-8-36-9-10-37-23-22-18(14-31-33-22)17-5-4-16(24(34)35)12-20(17)32-23/h3-6,11-12,14,30H,1-2,7-10,13H2,(H,31,33)(H,34,35). The number of carbonyl (C=O) groups is 1. The van der Waals surface area contributed by atoms with Crippen molar-refractivity contribution in [3.05, 3.63) is 58.7 Å². The lowest BCUT2D eigenvalue weighted by Gasteiger charge is -2.12. The molecule has 2 heterocycles. The van der Waals surface area contributed by atoms with Crippen LogP contribution >= 0.6 is 11.6 Å². The van der Waals surface area contributed by atoms with Crippen LogP contribution in [0.25, 0.3) is 21.8 Å². The molecule has 9 nitrogen and oxygen atoms in total. The van der Waals surface area contributed by atoms with E-state index in [-0.39, 0.29) is 17.2 Å². The van der Waals surface area contributed by atoms with Crippen LogP contribution in [0.5, 0.6) is 11.6 Å². The topological polar surface area (TPSA) is 119 Å². The van der Waals surface area contributed by atoms with E-state index in [2.05, 4.69) is 25.2 Å². The molecule has 0 spiro atoms. The molecule has 13 heteroatoms. The highest BCUT2D eigenvalue weighted by Gasteiger charge is 2.32. The Morgan fingerprint density at radius 2 is 1.92 bits per heavy atom. The zero-order chi connectivity index (χ0) is 27.1.